The third-order valence-corrected chi connectivity index (χ3v) is 5.33. The largest absolute Gasteiger partial charge is 0.480 e. The van der Waals surface area contributed by atoms with Gasteiger partial charge in [-0.15, -0.1) is 0 Å². The molecule has 1 fully saturated rings. The highest BCUT2D eigenvalue weighted by atomic mass is 32.2. The molecule has 0 spiro atoms. The molecule has 0 aromatic carbocycles. The Morgan fingerprint density at radius 1 is 1.44 bits per heavy atom. The SMILES string of the molecule is CC(C(=O)O)N(C)S(=O)(=O)C1CCOCC1. The van der Waals surface area contributed by atoms with Crippen molar-refractivity contribution in [3.63, 3.8) is 0 Å². The first-order valence-electron chi connectivity index (χ1n) is 5.14. The highest BCUT2D eigenvalue weighted by Crippen LogP contribution is 2.20. The van der Waals surface area contributed by atoms with E-state index >= 15 is 0 Å². The van der Waals surface area contributed by atoms with Crippen LogP contribution in [0, 0.1) is 0 Å². The van der Waals surface area contributed by atoms with E-state index in [4.69, 9.17) is 9.84 Å². The average Bonchev–Trinajstić information content (AvgIpc) is 2.28. The number of likely N-dealkylation sites (N-methyl/N-ethyl adjacent to an activating group) is 1. The average molecular weight is 251 g/mol. The van der Waals surface area contributed by atoms with Crippen LogP contribution in [0.5, 0.6) is 0 Å². The van der Waals surface area contributed by atoms with Gasteiger partial charge in [-0.05, 0) is 19.8 Å². The van der Waals surface area contributed by atoms with E-state index in [0.29, 0.717) is 26.1 Å². The summed E-state index contributed by atoms with van der Waals surface area (Å²) in [7, 11) is -2.22. The maximum absolute atomic E-state index is 12.0. The summed E-state index contributed by atoms with van der Waals surface area (Å²) >= 11 is 0. The van der Waals surface area contributed by atoms with Gasteiger partial charge >= 0.3 is 5.97 Å². The Kier molecular flexibility index (Phi) is 4.28. The van der Waals surface area contributed by atoms with Gasteiger partial charge in [-0.25, -0.2) is 8.42 Å². The molecular formula is C9H17NO5S. The Morgan fingerprint density at radius 3 is 2.38 bits per heavy atom. The van der Waals surface area contributed by atoms with E-state index < -0.39 is 27.3 Å². The van der Waals surface area contributed by atoms with Gasteiger partial charge in [0.15, 0.2) is 0 Å². The first kappa shape index (κ1) is 13.4. The highest BCUT2D eigenvalue weighted by molar-refractivity contribution is 7.89. The molecule has 0 aromatic rings. The van der Waals surface area contributed by atoms with E-state index in [9.17, 15) is 13.2 Å². The molecule has 0 aliphatic carbocycles. The molecule has 1 aliphatic heterocycles. The molecule has 1 heterocycles. The molecule has 1 saturated heterocycles. The standard InChI is InChI=1S/C9H17NO5S/c1-7(9(11)12)10(2)16(13,14)8-3-5-15-6-4-8/h7-8H,3-6H2,1-2H3,(H,11,12). The van der Waals surface area contributed by atoms with Gasteiger partial charge in [-0.1, -0.05) is 0 Å². The zero-order valence-corrected chi connectivity index (χ0v) is 10.2. The number of hydrogen-bond acceptors (Lipinski definition) is 4. The predicted molar refractivity (Wildman–Crippen MR) is 57.6 cm³/mol. The van der Waals surface area contributed by atoms with Crippen LogP contribution in [0.3, 0.4) is 0 Å². The van der Waals surface area contributed by atoms with Gasteiger partial charge in [-0.2, -0.15) is 4.31 Å². The lowest BCUT2D eigenvalue weighted by Crippen LogP contribution is -2.46. The van der Waals surface area contributed by atoms with E-state index in [1.54, 1.807) is 0 Å². The van der Waals surface area contributed by atoms with Crippen LogP contribution < -0.4 is 0 Å². The fourth-order valence-corrected chi connectivity index (χ4v) is 3.37. The number of carboxylic acids is 1. The van der Waals surface area contributed by atoms with Gasteiger partial charge in [0.25, 0.3) is 0 Å². The molecule has 0 amide bonds. The third-order valence-electron chi connectivity index (χ3n) is 2.89. The molecule has 1 unspecified atom stereocenters. The number of ether oxygens (including phenoxy) is 1. The Labute approximate surface area is 95.2 Å². The van der Waals surface area contributed by atoms with Gasteiger partial charge in [-0.3, -0.25) is 4.79 Å². The van der Waals surface area contributed by atoms with Gasteiger partial charge in [0.2, 0.25) is 10.0 Å². The molecule has 1 aliphatic rings. The fourth-order valence-electron chi connectivity index (χ4n) is 1.58. The summed E-state index contributed by atoms with van der Waals surface area (Å²) in [6.45, 7) is 2.19. The van der Waals surface area contributed by atoms with Crippen molar-refractivity contribution in [2.45, 2.75) is 31.1 Å². The molecule has 6 nitrogen and oxygen atoms in total. The van der Waals surface area contributed by atoms with Gasteiger partial charge in [0.05, 0.1) is 5.25 Å². The summed E-state index contributed by atoms with van der Waals surface area (Å²) in [5, 5.41) is 8.26. The van der Waals surface area contributed by atoms with Crippen LogP contribution in [0.15, 0.2) is 0 Å². The molecule has 0 aromatic heterocycles. The van der Waals surface area contributed by atoms with Crippen molar-refractivity contribution < 1.29 is 23.1 Å². The summed E-state index contributed by atoms with van der Waals surface area (Å²) in [6.07, 6.45) is 0.859. The molecule has 1 N–H and O–H groups in total. The zero-order chi connectivity index (χ0) is 12.3. The second-order valence-corrected chi connectivity index (χ2v) is 6.16. The fraction of sp³-hybridized carbons (Fsp3) is 0.889. The molecule has 16 heavy (non-hydrogen) atoms. The van der Waals surface area contributed by atoms with Crippen LogP contribution in [0.25, 0.3) is 0 Å². The minimum atomic E-state index is -3.53. The van der Waals surface area contributed by atoms with Gasteiger partial charge in [0.1, 0.15) is 6.04 Å². The van der Waals surface area contributed by atoms with E-state index in [2.05, 4.69) is 0 Å². The summed E-state index contributed by atoms with van der Waals surface area (Å²) in [5.41, 5.74) is 0. The van der Waals surface area contributed by atoms with Crippen molar-refractivity contribution in [2.75, 3.05) is 20.3 Å². The number of aliphatic carboxylic acids is 1. The molecule has 1 rings (SSSR count). The summed E-state index contributed by atoms with van der Waals surface area (Å²) in [4.78, 5) is 10.7. The number of nitrogens with zero attached hydrogens (tertiary/aromatic N) is 1. The number of sulfonamides is 1. The lowest BCUT2D eigenvalue weighted by atomic mass is 10.2. The molecule has 7 heteroatoms. The van der Waals surface area contributed by atoms with Crippen molar-refractivity contribution in [3.8, 4) is 0 Å². The second-order valence-electron chi connectivity index (χ2n) is 3.89. The molecule has 0 radical (unpaired) electrons. The van der Waals surface area contributed by atoms with Crippen molar-refractivity contribution >= 4 is 16.0 Å². The van der Waals surface area contributed by atoms with E-state index in [0.717, 1.165) is 4.31 Å². The van der Waals surface area contributed by atoms with Crippen molar-refractivity contribution in [3.05, 3.63) is 0 Å². The summed E-state index contributed by atoms with van der Waals surface area (Å²) in [5.74, 6) is -1.14. The maximum Gasteiger partial charge on any atom is 0.321 e. The highest BCUT2D eigenvalue weighted by Gasteiger charge is 2.35. The molecular weight excluding hydrogens is 234 g/mol. The first-order chi connectivity index (χ1) is 7.37. The van der Waals surface area contributed by atoms with Crippen LogP contribution in [0.2, 0.25) is 0 Å². The maximum atomic E-state index is 12.0. The number of carboxylic acid groups (broad SMARTS) is 1. The monoisotopic (exact) mass is 251 g/mol. The number of carbonyl (C=O) groups is 1. The van der Waals surface area contributed by atoms with E-state index in [1.807, 2.05) is 0 Å². The lowest BCUT2D eigenvalue weighted by molar-refractivity contribution is -0.140. The third kappa shape index (κ3) is 2.72. The van der Waals surface area contributed by atoms with Crippen molar-refractivity contribution in [2.24, 2.45) is 0 Å². The minimum Gasteiger partial charge on any atom is -0.480 e. The van der Waals surface area contributed by atoms with E-state index in [1.165, 1.54) is 14.0 Å². The Balaban J connectivity index is 2.79. The van der Waals surface area contributed by atoms with Gasteiger partial charge in [0, 0.05) is 20.3 Å². The molecule has 1 atom stereocenters. The number of hydrogen-bond donors (Lipinski definition) is 1. The Bertz CT molecular complexity index is 347. The van der Waals surface area contributed by atoms with Crippen LogP contribution in [0.4, 0.5) is 0 Å². The lowest BCUT2D eigenvalue weighted by Gasteiger charge is -2.29. The molecule has 0 saturated carbocycles. The summed E-state index contributed by atoms with van der Waals surface area (Å²) in [6, 6.07) is -1.03. The topological polar surface area (TPSA) is 83.9 Å². The van der Waals surface area contributed by atoms with E-state index in [-0.39, 0.29) is 0 Å². The molecule has 0 bridgehead atoms. The van der Waals surface area contributed by atoms with Crippen LogP contribution in [0.1, 0.15) is 19.8 Å². The summed E-state index contributed by atoms with van der Waals surface area (Å²) < 4.78 is 30.1. The quantitative estimate of drug-likeness (QED) is 0.754. The first-order valence-corrected chi connectivity index (χ1v) is 6.65. The van der Waals surface area contributed by atoms with Crippen LogP contribution in [-0.4, -0.2) is 55.4 Å². The number of rotatable bonds is 4. The Hall–Kier alpha value is -0.660. The van der Waals surface area contributed by atoms with Crippen molar-refractivity contribution in [1.29, 1.82) is 0 Å². The predicted octanol–water partition coefficient (Wildman–Crippen LogP) is -0.0999. The minimum absolute atomic E-state index is 0.416. The van der Waals surface area contributed by atoms with Crippen LogP contribution >= 0.6 is 0 Å². The normalized spacial score (nSPS) is 20.9. The second kappa shape index (κ2) is 5.11. The zero-order valence-electron chi connectivity index (χ0n) is 9.42. The van der Waals surface area contributed by atoms with Gasteiger partial charge < -0.3 is 9.84 Å². The molecule has 94 valence electrons. The smallest absolute Gasteiger partial charge is 0.321 e. The Morgan fingerprint density at radius 2 is 1.94 bits per heavy atom. The van der Waals surface area contributed by atoms with Crippen LogP contribution in [-0.2, 0) is 19.6 Å². The van der Waals surface area contributed by atoms with Crippen molar-refractivity contribution in [1.82, 2.24) is 4.31 Å².